The zero-order valence-electron chi connectivity index (χ0n) is 80.7. The van der Waals surface area contributed by atoms with Crippen LogP contribution in [0.4, 0.5) is 13.2 Å². The second-order valence-corrected chi connectivity index (χ2v) is 35.6. The third-order valence-electron chi connectivity index (χ3n) is 25.6. The molecule has 21 heteroatoms. The summed E-state index contributed by atoms with van der Waals surface area (Å²) in [5.41, 5.74) is 9.23. The number of carbonyl (C=O) groups is 11. The highest BCUT2D eigenvalue weighted by atomic mass is 19.4. The van der Waals surface area contributed by atoms with E-state index >= 15 is 0 Å². The van der Waals surface area contributed by atoms with Crippen LogP contribution in [0, 0.1) is 138 Å². The lowest BCUT2D eigenvalue weighted by molar-refractivity contribution is -0.173. The van der Waals surface area contributed by atoms with E-state index in [-0.39, 0.29) is 82.1 Å². The molecule has 0 aromatic heterocycles. The summed E-state index contributed by atoms with van der Waals surface area (Å²) in [5, 5.41) is 25.5. The third-order valence-corrected chi connectivity index (χ3v) is 25.6. The molecule has 3 N–H and O–H groups in total. The monoisotopic (exact) mass is 1760 g/mol. The molecule has 13 rings (SSSR count). The van der Waals surface area contributed by atoms with Crippen molar-refractivity contribution in [3.8, 4) is 0 Å². The van der Waals surface area contributed by atoms with Crippen LogP contribution in [0.15, 0.2) is 127 Å². The first kappa shape index (κ1) is 114. The Labute approximate surface area is 750 Å². The Kier molecular flexibility index (Phi) is 50.4. The summed E-state index contributed by atoms with van der Waals surface area (Å²) in [6.45, 7) is 60.3. The Balaban J connectivity index is 0.000000706. The van der Waals surface area contributed by atoms with Crippen LogP contribution in [-0.2, 0) is 53.1 Å². The van der Waals surface area contributed by atoms with Crippen LogP contribution in [0.5, 0.6) is 0 Å². The highest BCUT2D eigenvalue weighted by molar-refractivity contribution is 6.15. The molecule has 2 saturated heterocycles. The molecule has 126 heavy (non-hydrogen) atoms. The van der Waals surface area contributed by atoms with Gasteiger partial charge in [0, 0.05) is 0 Å². The molecular formula is C105H149F3O18. The molecule has 14 unspecified atom stereocenters. The number of carboxylic acid groups (broad SMARTS) is 3. The maximum atomic E-state index is 14.1. The second kappa shape index (κ2) is 55.6. The molecule has 698 valence electrons. The number of carbonyl (C=O) groups excluding carboxylic acids is 8. The van der Waals surface area contributed by atoms with Crippen molar-refractivity contribution in [1.82, 2.24) is 0 Å². The Bertz CT molecular complexity index is 4380. The van der Waals surface area contributed by atoms with E-state index in [1.165, 1.54) is 85.9 Å². The number of aliphatic carboxylic acids is 2. The van der Waals surface area contributed by atoms with E-state index in [9.17, 15) is 65.9 Å². The van der Waals surface area contributed by atoms with Gasteiger partial charge in [-0.3, -0.25) is 28.8 Å². The van der Waals surface area contributed by atoms with Crippen molar-refractivity contribution in [2.75, 3.05) is 0 Å². The molecule has 4 aliphatic heterocycles. The quantitative estimate of drug-likeness (QED) is 0.0535. The van der Waals surface area contributed by atoms with Gasteiger partial charge in [-0.2, -0.15) is 13.2 Å². The lowest BCUT2D eigenvalue weighted by Crippen LogP contribution is -2.45. The van der Waals surface area contributed by atoms with Crippen molar-refractivity contribution in [1.29, 1.82) is 0 Å². The summed E-state index contributed by atoms with van der Waals surface area (Å²) in [6.07, 6.45) is 16.8. The predicted octanol–water partition coefficient (Wildman–Crippen LogP) is 26.2. The van der Waals surface area contributed by atoms with E-state index < -0.39 is 53.4 Å². The summed E-state index contributed by atoms with van der Waals surface area (Å²) in [5.74, 6) is -1.02. The number of aryl methyl sites for hydroxylation is 8. The summed E-state index contributed by atoms with van der Waals surface area (Å²) in [4.78, 5) is 121. The fourth-order valence-corrected chi connectivity index (χ4v) is 13.9. The van der Waals surface area contributed by atoms with Crippen LogP contribution in [0.1, 0.15) is 336 Å². The zero-order valence-corrected chi connectivity index (χ0v) is 80.7. The topological polar surface area (TPSA) is 285 Å². The number of hydrogen-bond donors (Lipinski definition) is 3. The van der Waals surface area contributed by atoms with Gasteiger partial charge in [-0.15, -0.1) is 6.58 Å². The second-order valence-electron chi connectivity index (χ2n) is 35.6. The lowest BCUT2D eigenvalue weighted by atomic mass is 9.59. The van der Waals surface area contributed by atoms with Gasteiger partial charge in [0.2, 0.25) is 0 Å². The Hall–Kier alpha value is -9.92. The molecule has 4 saturated carbocycles. The van der Waals surface area contributed by atoms with Gasteiger partial charge in [0.1, 0.15) is 5.41 Å². The molecule has 0 bridgehead atoms. The fraction of sp³-hybridized carbons (Fsp3) is 0.552. The molecule has 8 aliphatic rings. The van der Waals surface area contributed by atoms with E-state index in [0.717, 1.165) is 108 Å². The first-order valence-electron chi connectivity index (χ1n) is 44.8. The highest BCUT2D eigenvalue weighted by Crippen LogP contribution is 2.51. The number of aromatic carboxylic acids is 1. The van der Waals surface area contributed by atoms with E-state index in [2.05, 4.69) is 147 Å². The third kappa shape index (κ3) is 36.1. The summed E-state index contributed by atoms with van der Waals surface area (Å²) < 4.78 is 60.2. The molecule has 4 aliphatic carbocycles. The SMILES string of the molecule is C=C(C)CC.CC1C(C)C2C(=O)OC(=O)C12.CC1CC2C(=O)OC(=O)C2CC1C.CC1CCC(C(=O)O)CC1C.CC1CCCCC1C.CC=C(C)CC(=O)O.CC=CC.CCC(C)C.CCCC.Cc1cc2c(cc1C)C(=O)OC2=O.Cc1ccc(C(=O)O)cc1C.Cc1ccc(C(C)(c2ccc3c(c2)C(=O)OC3=O)C(F)(F)F)cc1C.Cc1ccccc1C. The average Bonchev–Trinajstić information content (AvgIpc) is 1.47. The molecule has 5 aromatic rings. The standard InChI is InChI=1S/C19H15F3O3.C10H14O3.C10H8O3.C9H16O2.C9H10O2.C8H10O3.C8H16.C8H10.C6H10O2.C5H12.C5H10.C4H10.C4H8/c1-10-4-5-12(8-11(10)2)18(3,19(20,21)22)13-6-7-14-15(9-13)17(24)25-16(14)23;2*1-5-3-7-8(4-6(5)2)10(12)13-9(7)11;2*1-6-3-4-8(9(10)11)5-7(6)2;1-3-4(2)6-5(3)7(9)11-8(6)10;2*1-7-5-3-4-6-8(7)2;1-3-5(2)4-6(7)8;2*1-4-5(2)3;2*1-3-4-2/h4-9H,1-3H3;5-8H,3-4H2,1-2H3;3-4H,1-2H3;6-8H,3-5H2,1-2H3,(H,10,11);3-5H,1-2H3,(H,10,11);3-6H,1-2H3;7-8H,3-6H2,1-2H3;3-6H,1-2H3;3H,4H2,1-2H3,(H,7,8);5H,4H2,1-3H3;2,4H2,1,3H3;3-4H2,1-2H3;3-4H,1-2H3. The lowest BCUT2D eigenvalue weighted by Gasteiger charge is -2.39. The van der Waals surface area contributed by atoms with Crippen LogP contribution < -0.4 is 0 Å². The number of unbranched alkanes of at least 4 members (excludes halogenated alkanes) is 1. The normalized spacial score (nSPS) is 22.8. The van der Waals surface area contributed by atoms with E-state index in [4.69, 9.17) is 15.3 Å². The number of benzene rings is 5. The van der Waals surface area contributed by atoms with Crippen molar-refractivity contribution in [3.05, 3.63) is 210 Å². The molecule has 0 radical (unpaired) electrons. The molecule has 18 nitrogen and oxygen atoms in total. The summed E-state index contributed by atoms with van der Waals surface area (Å²) in [6, 6.07) is 25.0. The largest absolute Gasteiger partial charge is 0.481 e. The van der Waals surface area contributed by atoms with Crippen LogP contribution >= 0.6 is 0 Å². The highest BCUT2D eigenvalue weighted by Gasteiger charge is 2.60. The molecule has 6 fully saturated rings. The first-order valence-corrected chi connectivity index (χ1v) is 44.8. The van der Waals surface area contributed by atoms with Crippen molar-refractivity contribution >= 4 is 65.7 Å². The van der Waals surface area contributed by atoms with Crippen molar-refractivity contribution in [2.24, 2.45) is 82.9 Å². The summed E-state index contributed by atoms with van der Waals surface area (Å²) in [7, 11) is 0. The van der Waals surface area contributed by atoms with Gasteiger partial charge in [0.25, 0.3) is 0 Å². The Morgan fingerprint density at radius 3 is 1.15 bits per heavy atom. The van der Waals surface area contributed by atoms with Crippen LogP contribution in [0.3, 0.4) is 0 Å². The fourth-order valence-electron chi connectivity index (χ4n) is 13.9. The molecule has 0 spiro atoms. The van der Waals surface area contributed by atoms with Gasteiger partial charge in [-0.05, 0) is 281 Å². The number of alkyl halides is 3. The van der Waals surface area contributed by atoms with Gasteiger partial charge >= 0.3 is 71.8 Å². The summed E-state index contributed by atoms with van der Waals surface area (Å²) >= 11 is 0. The Morgan fingerprint density at radius 1 is 0.468 bits per heavy atom. The van der Waals surface area contributed by atoms with E-state index in [0.29, 0.717) is 52.2 Å². The number of halogens is 3. The van der Waals surface area contributed by atoms with Gasteiger partial charge in [-0.25, -0.2) is 24.0 Å². The molecule has 0 amide bonds. The van der Waals surface area contributed by atoms with Crippen molar-refractivity contribution < 1.29 is 100 Å². The number of fused-ring (bicyclic) bond motifs is 4. The molecule has 4 heterocycles. The number of carboxylic acids is 3. The smallest absolute Gasteiger partial charge is 0.402 e. The van der Waals surface area contributed by atoms with Crippen LogP contribution in [0.25, 0.3) is 0 Å². The van der Waals surface area contributed by atoms with E-state index in [1.54, 1.807) is 50.3 Å². The van der Waals surface area contributed by atoms with Crippen LogP contribution in [0.2, 0.25) is 0 Å². The minimum atomic E-state index is -4.60. The average molecular weight is 1760 g/mol. The maximum absolute atomic E-state index is 14.1. The van der Waals surface area contributed by atoms with Crippen molar-refractivity contribution in [2.45, 2.75) is 295 Å². The van der Waals surface area contributed by atoms with Crippen molar-refractivity contribution in [3.63, 3.8) is 0 Å². The Morgan fingerprint density at radius 2 is 0.825 bits per heavy atom. The predicted molar refractivity (Wildman–Crippen MR) is 494 cm³/mol. The number of allylic oxidation sites excluding steroid dienone is 4. The minimum absolute atomic E-state index is 0.0154. The van der Waals surface area contributed by atoms with Gasteiger partial charge in [0.15, 0.2) is 0 Å². The maximum Gasteiger partial charge on any atom is 0.402 e. The van der Waals surface area contributed by atoms with Gasteiger partial charge < -0.3 is 34.3 Å². The van der Waals surface area contributed by atoms with Gasteiger partial charge in [0.05, 0.1) is 63.8 Å². The minimum Gasteiger partial charge on any atom is -0.481 e. The number of rotatable bonds is 9. The van der Waals surface area contributed by atoms with Gasteiger partial charge in [-0.1, -0.05) is 226 Å². The number of ether oxygens (including phenoxy) is 4. The van der Waals surface area contributed by atoms with Crippen LogP contribution in [-0.4, -0.2) is 87.2 Å². The zero-order chi connectivity index (χ0) is 96.7. The number of cyclic esters (lactones) is 8. The molecule has 5 aromatic carbocycles. The number of esters is 8. The van der Waals surface area contributed by atoms with E-state index in [1.807, 2.05) is 94.4 Å². The molecular weight excluding hydrogens is 1610 g/mol. The molecule has 14 atom stereocenters. The first-order chi connectivity index (χ1) is 58.7. The number of hydrogen-bond acceptors (Lipinski definition) is 15.